The molecule has 0 atom stereocenters. The summed E-state index contributed by atoms with van der Waals surface area (Å²) in [5.41, 5.74) is 0.129. The smallest absolute Gasteiger partial charge is 0.220 e. The molecule has 8 heteroatoms. The Hall–Kier alpha value is -2.38. The van der Waals surface area contributed by atoms with Gasteiger partial charge in [0.15, 0.2) is 11.7 Å². The summed E-state index contributed by atoms with van der Waals surface area (Å²) < 4.78 is 32.2. The molecule has 146 valence electrons. The number of carbonyl (C=O) groups is 1. The molecule has 0 bridgehead atoms. The quantitative estimate of drug-likeness (QED) is 0.404. The van der Waals surface area contributed by atoms with Crippen LogP contribution < -0.4 is 5.32 Å². The highest BCUT2D eigenvalue weighted by Gasteiger charge is 2.13. The fourth-order valence-electron chi connectivity index (χ4n) is 2.44. The van der Waals surface area contributed by atoms with Gasteiger partial charge in [0, 0.05) is 41.1 Å². The van der Waals surface area contributed by atoms with Crippen LogP contribution in [0.1, 0.15) is 12.3 Å². The molecule has 0 aliphatic heterocycles. The number of benzene rings is 2. The van der Waals surface area contributed by atoms with Crippen LogP contribution in [0.15, 0.2) is 58.0 Å². The van der Waals surface area contributed by atoms with E-state index in [9.17, 15) is 13.6 Å². The first kappa shape index (κ1) is 20.4. The highest BCUT2D eigenvalue weighted by atomic mass is 35.5. The molecule has 0 aliphatic rings. The minimum Gasteiger partial charge on any atom is -0.441 e. The molecule has 0 aliphatic carbocycles. The normalized spacial score (nSPS) is 10.8. The Balaban J connectivity index is 1.41. The van der Waals surface area contributed by atoms with Crippen molar-refractivity contribution in [2.24, 2.45) is 0 Å². The van der Waals surface area contributed by atoms with Crippen molar-refractivity contribution in [2.75, 3.05) is 12.3 Å². The van der Waals surface area contributed by atoms with Crippen molar-refractivity contribution in [1.82, 2.24) is 10.3 Å². The van der Waals surface area contributed by atoms with E-state index in [0.717, 1.165) is 22.8 Å². The minimum atomic E-state index is -0.723. The van der Waals surface area contributed by atoms with Gasteiger partial charge < -0.3 is 9.73 Å². The van der Waals surface area contributed by atoms with Gasteiger partial charge in [-0.1, -0.05) is 11.6 Å². The van der Waals surface area contributed by atoms with E-state index < -0.39 is 11.6 Å². The summed E-state index contributed by atoms with van der Waals surface area (Å²) in [5.74, 6) is -0.244. The maximum atomic E-state index is 13.8. The van der Waals surface area contributed by atoms with Crippen molar-refractivity contribution in [3.05, 3.63) is 71.2 Å². The van der Waals surface area contributed by atoms with Crippen molar-refractivity contribution in [2.45, 2.75) is 17.7 Å². The first-order valence-corrected chi connectivity index (χ1v) is 9.93. The number of nitrogens with zero attached hydrogens (tertiary/aromatic N) is 1. The van der Waals surface area contributed by atoms with Gasteiger partial charge in [-0.3, -0.25) is 4.79 Å². The number of thioether (sulfide) groups is 1. The summed E-state index contributed by atoms with van der Waals surface area (Å²) in [6.07, 6.45) is 1.86. The monoisotopic (exact) mass is 422 g/mol. The zero-order chi connectivity index (χ0) is 19.9. The molecule has 1 heterocycles. The van der Waals surface area contributed by atoms with Crippen LogP contribution in [0.5, 0.6) is 0 Å². The van der Waals surface area contributed by atoms with Crippen LogP contribution in [0.3, 0.4) is 0 Å². The summed E-state index contributed by atoms with van der Waals surface area (Å²) in [5, 5.41) is 3.52. The first-order chi connectivity index (χ1) is 13.5. The fourth-order valence-corrected chi connectivity index (χ4v) is 3.33. The third-order valence-electron chi connectivity index (χ3n) is 3.82. The summed E-state index contributed by atoms with van der Waals surface area (Å²) >= 11 is 7.46. The van der Waals surface area contributed by atoms with Gasteiger partial charge in [0.1, 0.15) is 11.6 Å². The lowest BCUT2D eigenvalue weighted by molar-refractivity contribution is -0.121. The molecule has 1 N–H and O–H groups in total. The molecule has 0 saturated carbocycles. The van der Waals surface area contributed by atoms with Gasteiger partial charge in [-0.25, -0.2) is 13.8 Å². The number of rotatable bonds is 8. The van der Waals surface area contributed by atoms with Gasteiger partial charge in [-0.05, 0) is 36.4 Å². The van der Waals surface area contributed by atoms with E-state index in [1.807, 2.05) is 24.3 Å². The van der Waals surface area contributed by atoms with Crippen LogP contribution in [0.25, 0.3) is 11.3 Å². The highest BCUT2D eigenvalue weighted by Crippen LogP contribution is 2.24. The van der Waals surface area contributed by atoms with E-state index in [4.69, 9.17) is 16.0 Å². The second-order valence-corrected chi connectivity index (χ2v) is 7.50. The first-order valence-electron chi connectivity index (χ1n) is 8.56. The molecular formula is C20H17ClF2N2O2S. The standard InChI is InChI=1S/C20H17ClF2N2O2S/c21-13-1-4-15(5-2-13)28-10-9-24-19(26)7-8-20-25-12-18(27-20)16-6-3-14(22)11-17(16)23/h1-6,11-12H,7-10H2,(H,24,26). The van der Waals surface area contributed by atoms with Crippen LogP contribution in [0.2, 0.25) is 5.02 Å². The average molecular weight is 423 g/mol. The molecule has 2 aromatic carbocycles. The van der Waals surface area contributed by atoms with Crippen LogP contribution >= 0.6 is 23.4 Å². The van der Waals surface area contributed by atoms with Crippen LogP contribution in [-0.2, 0) is 11.2 Å². The van der Waals surface area contributed by atoms with Gasteiger partial charge in [0.05, 0.1) is 11.8 Å². The SMILES string of the molecule is O=C(CCc1ncc(-c2ccc(F)cc2F)o1)NCCSc1ccc(Cl)cc1. The Labute approximate surface area is 170 Å². The number of aryl methyl sites for hydroxylation is 1. The van der Waals surface area contributed by atoms with E-state index >= 15 is 0 Å². The number of oxazole rings is 1. The molecule has 0 unspecified atom stereocenters. The number of aromatic nitrogens is 1. The number of hydrogen-bond acceptors (Lipinski definition) is 4. The van der Waals surface area contributed by atoms with Gasteiger partial charge in [-0.2, -0.15) is 0 Å². The zero-order valence-electron chi connectivity index (χ0n) is 14.8. The number of carbonyl (C=O) groups excluding carboxylic acids is 1. The molecule has 0 spiro atoms. The summed E-state index contributed by atoms with van der Waals surface area (Å²) in [6, 6.07) is 10.7. The Bertz CT molecular complexity index is 948. The Morgan fingerprint density at radius 3 is 2.71 bits per heavy atom. The lowest BCUT2D eigenvalue weighted by Gasteiger charge is -2.05. The highest BCUT2D eigenvalue weighted by molar-refractivity contribution is 7.99. The molecule has 0 saturated heterocycles. The van der Waals surface area contributed by atoms with Crippen LogP contribution in [0, 0.1) is 11.6 Å². The largest absolute Gasteiger partial charge is 0.441 e. The average Bonchev–Trinajstić information content (AvgIpc) is 3.14. The molecular weight excluding hydrogens is 406 g/mol. The maximum absolute atomic E-state index is 13.8. The van der Waals surface area contributed by atoms with Crippen molar-refractivity contribution in [3.63, 3.8) is 0 Å². The Kier molecular flexibility index (Phi) is 7.06. The van der Waals surface area contributed by atoms with Crippen LogP contribution in [0.4, 0.5) is 8.78 Å². The molecule has 3 rings (SSSR count). The fraction of sp³-hybridized carbons (Fsp3) is 0.200. The van der Waals surface area contributed by atoms with E-state index in [1.165, 1.54) is 12.3 Å². The van der Waals surface area contributed by atoms with Crippen molar-refractivity contribution >= 4 is 29.3 Å². The number of nitrogens with one attached hydrogen (secondary N) is 1. The van der Waals surface area contributed by atoms with Crippen molar-refractivity contribution < 1.29 is 18.0 Å². The Morgan fingerprint density at radius 2 is 1.96 bits per heavy atom. The van der Waals surface area contributed by atoms with E-state index in [0.29, 0.717) is 23.9 Å². The number of amides is 1. The van der Waals surface area contributed by atoms with Gasteiger partial charge in [-0.15, -0.1) is 11.8 Å². The van der Waals surface area contributed by atoms with Crippen LogP contribution in [-0.4, -0.2) is 23.2 Å². The molecule has 28 heavy (non-hydrogen) atoms. The van der Waals surface area contributed by atoms with Gasteiger partial charge in [0.2, 0.25) is 5.91 Å². The third kappa shape index (κ3) is 5.81. The van der Waals surface area contributed by atoms with Crippen molar-refractivity contribution in [3.8, 4) is 11.3 Å². The van der Waals surface area contributed by atoms with E-state index in [-0.39, 0.29) is 23.7 Å². The second-order valence-electron chi connectivity index (χ2n) is 5.89. The molecule has 0 radical (unpaired) electrons. The molecule has 0 fully saturated rings. The number of hydrogen-bond donors (Lipinski definition) is 1. The second kappa shape index (κ2) is 9.71. The summed E-state index contributed by atoms with van der Waals surface area (Å²) in [7, 11) is 0. The predicted molar refractivity (Wildman–Crippen MR) is 105 cm³/mol. The lowest BCUT2D eigenvalue weighted by Crippen LogP contribution is -2.25. The zero-order valence-corrected chi connectivity index (χ0v) is 16.3. The van der Waals surface area contributed by atoms with E-state index in [2.05, 4.69) is 10.3 Å². The van der Waals surface area contributed by atoms with Gasteiger partial charge >= 0.3 is 0 Å². The summed E-state index contributed by atoms with van der Waals surface area (Å²) in [6.45, 7) is 0.531. The maximum Gasteiger partial charge on any atom is 0.220 e. The summed E-state index contributed by atoms with van der Waals surface area (Å²) in [4.78, 5) is 17.1. The molecule has 1 amide bonds. The molecule has 1 aromatic heterocycles. The topological polar surface area (TPSA) is 55.1 Å². The third-order valence-corrected chi connectivity index (χ3v) is 5.09. The Morgan fingerprint density at radius 1 is 1.18 bits per heavy atom. The minimum absolute atomic E-state index is 0.121. The predicted octanol–water partition coefficient (Wildman–Crippen LogP) is 5.11. The molecule has 4 nitrogen and oxygen atoms in total. The lowest BCUT2D eigenvalue weighted by atomic mass is 10.2. The molecule has 3 aromatic rings. The number of halogens is 3. The van der Waals surface area contributed by atoms with E-state index in [1.54, 1.807) is 11.8 Å². The van der Waals surface area contributed by atoms with Crippen molar-refractivity contribution in [1.29, 1.82) is 0 Å². The van der Waals surface area contributed by atoms with Gasteiger partial charge in [0.25, 0.3) is 0 Å².